The number of carbonyl (C=O) groups excluding carboxylic acids is 1. The van der Waals surface area contributed by atoms with E-state index in [0.29, 0.717) is 17.0 Å². The number of hydrogen-bond donors (Lipinski definition) is 1. The Hall–Kier alpha value is -2.08. The highest BCUT2D eigenvalue weighted by atomic mass is 79.9. The van der Waals surface area contributed by atoms with E-state index in [1.807, 2.05) is 18.2 Å². The highest BCUT2D eigenvalue weighted by molar-refractivity contribution is 9.10. The maximum Gasteiger partial charge on any atom is 0.340 e. The lowest BCUT2D eigenvalue weighted by atomic mass is 10.2. The number of benzene rings is 1. The summed E-state index contributed by atoms with van der Waals surface area (Å²) in [6, 6.07) is 7.42. The number of aromatic nitrogens is 2. The first-order valence-electron chi connectivity index (χ1n) is 5.99. The fraction of sp³-hybridized carbons (Fsp3) is 0.143. The SMILES string of the molecule is Cc1cc(COC(=O)c2c[nH]c3ccc(Br)cc23)no1. The van der Waals surface area contributed by atoms with Gasteiger partial charge in [-0.05, 0) is 25.1 Å². The second kappa shape index (κ2) is 5.13. The fourth-order valence-corrected chi connectivity index (χ4v) is 2.33. The Morgan fingerprint density at radius 2 is 2.30 bits per heavy atom. The Labute approximate surface area is 123 Å². The molecule has 0 fully saturated rings. The van der Waals surface area contributed by atoms with Crippen LogP contribution < -0.4 is 0 Å². The van der Waals surface area contributed by atoms with E-state index >= 15 is 0 Å². The maximum absolute atomic E-state index is 12.1. The molecule has 1 N–H and O–H groups in total. The summed E-state index contributed by atoms with van der Waals surface area (Å²) >= 11 is 3.39. The minimum atomic E-state index is -0.394. The third-order valence-electron chi connectivity index (χ3n) is 2.89. The predicted octanol–water partition coefficient (Wildman–Crippen LogP) is 3.58. The van der Waals surface area contributed by atoms with Crippen molar-refractivity contribution in [2.75, 3.05) is 0 Å². The first-order valence-corrected chi connectivity index (χ1v) is 6.79. The van der Waals surface area contributed by atoms with Gasteiger partial charge >= 0.3 is 5.97 Å². The molecule has 0 atom stereocenters. The second-order valence-corrected chi connectivity index (χ2v) is 5.31. The number of fused-ring (bicyclic) bond motifs is 1. The van der Waals surface area contributed by atoms with Gasteiger partial charge < -0.3 is 14.2 Å². The van der Waals surface area contributed by atoms with Gasteiger partial charge in [0.05, 0.1) is 5.56 Å². The zero-order chi connectivity index (χ0) is 14.1. The highest BCUT2D eigenvalue weighted by Crippen LogP contribution is 2.23. The van der Waals surface area contributed by atoms with E-state index in [0.717, 1.165) is 15.4 Å². The summed E-state index contributed by atoms with van der Waals surface area (Å²) in [6.45, 7) is 1.88. The van der Waals surface area contributed by atoms with Crippen LogP contribution in [0, 0.1) is 6.92 Å². The number of hydrogen-bond acceptors (Lipinski definition) is 4. The third-order valence-corrected chi connectivity index (χ3v) is 3.38. The molecule has 20 heavy (non-hydrogen) atoms. The minimum Gasteiger partial charge on any atom is -0.455 e. The zero-order valence-corrected chi connectivity index (χ0v) is 12.2. The summed E-state index contributed by atoms with van der Waals surface area (Å²) in [5.41, 5.74) is 1.98. The average Bonchev–Trinajstić information content (AvgIpc) is 3.02. The van der Waals surface area contributed by atoms with Gasteiger partial charge in [-0.1, -0.05) is 21.1 Å². The van der Waals surface area contributed by atoms with Gasteiger partial charge in [0, 0.05) is 27.6 Å². The van der Waals surface area contributed by atoms with Crippen molar-refractivity contribution >= 4 is 32.8 Å². The van der Waals surface area contributed by atoms with E-state index in [1.54, 1.807) is 19.2 Å². The molecule has 0 radical (unpaired) electrons. The Kier molecular flexibility index (Phi) is 3.31. The smallest absolute Gasteiger partial charge is 0.340 e. The number of esters is 1. The van der Waals surface area contributed by atoms with E-state index in [2.05, 4.69) is 26.1 Å². The summed E-state index contributed by atoms with van der Waals surface area (Å²) in [7, 11) is 0. The van der Waals surface area contributed by atoms with Crippen molar-refractivity contribution in [2.24, 2.45) is 0 Å². The van der Waals surface area contributed by atoms with Gasteiger partial charge in [-0.15, -0.1) is 0 Å². The highest BCUT2D eigenvalue weighted by Gasteiger charge is 2.14. The normalized spacial score (nSPS) is 10.9. The van der Waals surface area contributed by atoms with Crippen molar-refractivity contribution in [3.63, 3.8) is 0 Å². The number of ether oxygens (including phenoxy) is 1. The summed E-state index contributed by atoms with van der Waals surface area (Å²) in [6.07, 6.45) is 1.65. The molecule has 0 saturated carbocycles. The average molecular weight is 335 g/mol. The second-order valence-electron chi connectivity index (χ2n) is 4.40. The van der Waals surface area contributed by atoms with Crippen molar-refractivity contribution in [3.8, 4) is 0 Å². The molecule has 2 heterocycles. The lowest BCUT2D eigenvalue weighted by Crippen LogP contribution is -2.04. The maximum atomic E-state index is 12.1. The zero-order valence-electron chi connectivity index (χ0n) is 10.6. The van der Waals surface area contributed by atoms with Gasteiger partial charge in [-0.3, -0.25) is 0 Å². The van der Waals surface area contributed by atoms with Crippen molar-refractivity contribution < 1.29 is 14.1 Å². The number of H-pyrrole nitrogens is 1. The molecular weight excluding hydrogens is 324 g/mol. The molecule has 102 valence electrons. The first-order chi connectivity index (χ1) is 9.63. The molecule has 3 rings (SSSR count). The van der Waals surface area contributed by atoms with Crippen molar-refractivity contribution in [3.05, 3.63) is 52.0 Å². The van der Waals surface area contributed by atoms with Gasteiger partial charge in [0.15, 0.2) is 0 Å². The van der Waals surface area contributed by atoms with Gasteiger partial charge in [-0.25, -0.2) is 4.79 Å². The number of rotatable bonds is 3. The van der Waals surface area contributed by atoms with Crippen LogP contribution in [0.5, 0.6) is 0 Å². The van der Waals surface area contributed by atoms with Crippen LogP contribution in [0.1, 0.15) is 21.8 Å². The van der Waals surface area contributed by atoms with E-state index in [9.17, 15) is 4.79 Å². The molecule has 0 spiro atoms. The molecule has 2 aromatic heterocycles. The fourth-order valence-electron chi connectivity index (χ4n) is 1.96. The largest absolute Gasteiger partial charge is 0.455 e. The molecule has 1 aromatic carbocycles. The van der Waals surface area contributed by atoms with E-state index in [-0.39, 0.29) is 6.61 Å². The Bertz CT molecular complexity index is 776. The number of nitrogens with one attached hydrogen (secondary N) is 1. The van der Waals surface area contributed by atoms with Crippen molar-refractivity contribution in [1.82, 2.24) is 10.1 Å². The van der Waals surface area contributed by atoms with E-state index in [1.165, 1.54) is 0 Å². The van der Waals surface area contributed by atoms with E-state index in [4.69, 9.17) is 9.26 Å². The van der Waals surface area contributed by atoms with Gasteiger partial charge in [0.1, 0.15) is 18.1 Å². The topological polar surface area (TPSA) is 68.1 Å². The Balaban J connectivity index is 1.80. The summed E-state index contributed by atoms with van der Waals surface area (Å²) < 4.78 is 11.1. The summed E-state index contributed by atoms with van der Waals surface area (Å²) in [4.78, 5) is 15.1. The van der Waals surface area contributed by atoms with Crippen LogP contribution in [-0.2, 0) is 11.3 Å². The lowest BCUT2D eigenvalue weighted by Gasteiger charge is -2.01. The van der Waals surface area contributed by atoms with Crippen LogP contribution in [0.25, 0.3) is 10.9 Å². The molecule has 3 aromatic rings. The quantitative estimate of drug-likeness (QED) is 0.743. The predicted molar refractivity (Wildman–Crippen MR) is 76.4 cm³/mol. The number of aryl methyl sites for hydroxylation is 1. The minimum absolute atomic E-state index is 0.0941. The van der Waals surface area contributed by atoms with E-state index < -0.39 is 5.97 Å². The van der Waals surface area contributed by atoms with Crippen LogP contribution in [0.2, 0.25) is 0 Å². The Morgan fingerprint density at radius 1 is 1.45 bits per heavy atom. The third kappa shape index (κ3) is 2.46. The molecule has 0 amide bonds. The van der Waals surface area contributed by atoms with Crippen LogP contribution in [0.3, 0.4) is 0 Å². The van der Waals surface area contributed by atoms with Gasteiger partial charge in [0.2, 0.25) is 0 Å². The molecule has 0 bridgehead atoms. The molecular formula is C14H11BrN2O3. The number of carbonyl (C=O) groups is 1. The standard InChI is InChI=1S/C14H11BrN2O3/c1-8-4-10(17-20-8)7-19-14(18)12-6-16-13-3-2-9(15)5-11(12)13/h2-6,16H,7H2,1H3. The molecule has 0 unspecified atom stereocenters. The van der Waals surface area contributed by atoms with Gasteiger partial charge in [0.25, 0.3) is 0 Å². The van der Waals surface area contributed by atoms with Gasteiger partial charge in [-0.2, -0.15) is 0 Å². The number of aromatic amines is 1. The molecule has 0 aliphatic carbocycles. The molecule has 0 aliphatic heterocycles. The summed E-state index contributed by atoms with van der Waals surface area (Å²) in [5, 5.41) is 4.60. The number of nitrogens with zero attached hydrogens (tertiary/aromatic N) is 1. The van der Waals surface area contributed by atoms with Crippen molar-refractivity contribution in [2.45, 2.75) is 13.5 Å². The molecule has 6 heteroatoms. The molecule has 5 nitrogen and oxygen atoms in total. The molecule has 0 saturated heterocycles. The monoisotopic (exact) mass is 334 g/mol. The summed E-state index contributed by atoms with van der Waals surface area (Å²) in [5.74, 6) is 0.294. The lowest BCUT2D eigenvalue weighted by molar-refractivity contribution is 0.0466. The Morgan fingerprint density at radius 3 is 3.05 bits per heavy atom. The van der Waals surface area contributed by atoms with Crippen LogP contribution in [0.15, 0.2) is 39.5 Å². The first kappa shape index (κ1) is 12.9. The van der Waals surface area contributed by atoms with Crippen molar-refractivity contribution in [1.29, 1.82) is 0 Å². The number of halogens is 1. The van der Waals surface area contributed by atoms with Crippen LogP contribution >= 0.6 is 15.9 Å². The van der Waals surface area contributed by atoms with Crippen LogP contribution in [0.4, 0.5) is 0 Å². The molecule has 0 aliphatic rings. The van der Waals surface area contributed by atoms with Crippen LogP contribution in [-0.4, -0.2) is 16.1 Å².